The Morgan fingerprint density at radius 1 is 1.21 bits per heavy atom. The fraction of sp³-hybridized carbons (Fsp3) is 0.500. The third-order valence-corrected chi connectivity index (χ3v) is 6.00. The van der Waals surface area contributed by atoms with Crippen molar-refractivity contribution in [3.05, 3.63) is 29.3 Å². The van der Waals surface area contributed by atoms with Crippen molar-refractivity contribution in [2.24, 2.45) is 5.92 Å². The van der Waals surface area contributed by atoms with Crippen molar-refractivity contribution in [3.63, 3.8) is 0 Å². The molecule has 0 aliphatic heterocycles. The zero-order valence-electron chi connectivity index (χ0n) is 15.9. The van der Waals surface area contributed by atoms with Gasteiger partial charge >= 0.3 is 12.0 Å². The van der Waals surface area contributed by atoms with Gasteiger partial charge in [0.2, 0.25) is 0 Å². The van der Waals surface area contributed by atoms with Crippen molar-refractivity contribution in [2.75, 3.05) is 13.2 Å². The van der Waals surface area contributed by atoms with Gasteiger partial charge in [0.15, 0.2) is 6.61 Å². The normalized spacial score (nSPS) is 19.2. The molecule has 0 saturated heterocycles. The monoisotopic (exact) mass is 403 g/mol. The van der Waals surface area contributed by atoms with Crippen LogP contribution in [0.4, 0.5) is 4.79 Å². The van der Waals surface area contributed by atoms with E-state index in [0.717, 1.165) is 47.3 Å². The number of thiazole rings is 1. The average molecular weight is 404 g/mol. The van der Waals surface area contributed by atoms with Gasteiger partial charge in [-0.3, -0.25) is 14.9 Å². The molecule has 1 heterocycles. The number of nitrogens with zero attached hydrogens (tertiary/aromatic N) is 1. The number of fused-ring (bicyclic) bond motifs is 1. The van der Waals surface area contributed by atoms with Crippen LogP contribution in [0.2, 0.25) is 0 Å². The number of nitrogens with one attached hydrogen (secondary N) is 2. The summed E-state index contributed by atoms with van der Waals surface area (Å²) in [5.41, 5.74) is 0.942. The third kappa shape index (κ3) is 5.07. The molecule has 2 atom stereocenters. The molecule has 28 heavy (non-hydrogen) atoms. The predicted octanol–water partition coefficient (Wildman–Crippen LogP) is 3.35. The number of esters is 1. The highest BCUT2D eigenvalue weighted by atomic mass is 32.1. The molecule has 7 nitrogen and oxygen atoms in total. The van der Waals surface area contributed by atoms with Crippen LogP contribution < -0.4 is 10.6 Å². The molecule has 0 bridgehead atoms. The summed E-state index contributed by atoms with van der Waals surface area (Å²) in [6, 6.07) is 7.35. The molecule has 1 aliphatic carbocycles. The van der Waals surface area contributed by atoms with Crippen LogP contribution in [0.3, 0.4) is 0 Å². The highest BCUT2D eigenvalue weighted by Crippen LogP contribution is 2.41. The number of aromatic nitrogens is 1. The number of urea groups is 1. The molecular weight excluding hydrogens is 378 g/mol. The van der Waals surface area contributed by atoms with Gasteiger partial charge in [-0.25, -0.2) is 9.78 Å². The summed E-state index contributed by atoms with van der Waals surface area (Å²) in [7, 11) is 0. The van der Waals surface area contributed by atoms with Crippen LogP contribution in [0.1, 0.15) is 50.0 Å². The minimum absolute atomic E-state index is 0.00886. The van der Waals surface area contributed by atoms with Gasteiger partial charge < -0.3 is 10.1 Å². The van der Waals surface area contributed by atoms with Crippen molar-refractivity contribution in [1.29, 1.82) is 0 Å². The van der Waals surface area contributed by atoms with E-state index in [9.17, 15) is 14.4 Å². The van der Waals surface area contributed by atoms with E-state index < -0.39 is 24.5 Å². The first kappa shape index (κ1) is 20.3. The highest BCUT2D eigenvalue weighted by molar-refractivity contribution is 7.18. The molecule has 1 fully saturated rings. The van der Waals surface area contributed by atoms with Crippen LogP contribution >= 0.6 is 11.3 Å². The van der Waals surface area contributed by atoms with Gasteiger partial charge in [0.25, 0.3) is 5.91 Å². The van der Waals surface area contributed by atoms with E-state index in [1.54, 1.807) is 11.3 Å². The largest absolute Gasteiger partial charge is 0.455 e. The molecule has 150 valence electrons. The zero-order valence-corrected chi connectivity index (χ0v) is 16.7. The van der Waals surface area contributed by atoms with E-state index in [0.29, 0.717) is 6.54 Å². The van der Waals surface area contributed by atoms with Gasteiger partial charge in [0.05, 0.1) is 21.1 Å². The second-order valence-corrected chi connectivity index (χ2v) is 7.99. The Bertz CT molecular complexity index is 818. The van der Waals surface area contributed by atoms with Crippen LogP contribution in [-0.4, -0.2) is 36.0 Å². The number of amides is 3. The van der Waals surface area contributed by atoms with Crippen molar-refractivity contribution in [3.8, 4) is 0 Å². The molecule has 1 saturated carbocycles. The first-order valence-corrected chi connectivity index (χ1v) is 10.5. The number of rotatable bonds is 6. The molecule has 0 spiro atoms. The van der Waals surface area contributed by atoms with Gasteiger partial charge in [0, 0.05) is 12.5 Å². The van der Waals surface area contributed by atoms with E-state index in [1.807, 2.05) is 31.2 Å². The lowest BCUT2D eigenvalue weighted by Crippen LogP contribution is -2.42. The SMILES string of the molecule is CCCNC(=O)NC(=O)COC(=O)[C@H]1CCCC[C@H]1c1nc2ccccc2s1. The number of ether oxygens (including phenoxy) is 1. The Morgan fingerprint density at radius 3 is 2.79 bits per heavy atom. The van der Waals surface area contributed by atoms with Gasteiger partial charge in [0.1, 0.15) is 0 Å². The first-order chi connectivity index (χ1) is 13.6. The zero-order chi connectivity index (χ0) is 19.9. The van der Waals surface area contributed by atoms with Crippen molar-refractivity contribution in [2.45, 2.75) is 44.9 Å². The molecule has 0 radical (unpaired) electrons. The van der Waals surface area contributed by atoms with E-state index in [4.69, 9.17) is 9.72 Å². The standard InChI is InChI=1S/C20H25N3O4S/c1-2-11-21-20(26)23-17(24)12-27-19(25)14-8-4-3-7-13(14)18-22-15-9-5-6-10-16(15)28-18/h5-6,9-10,13-14H,2-4,7-8,11-12H2,1H3,(H2,21,23,24,26)/t13-,14+/m1/s1. The lowest BCUT2D eigenvalue weighted by Gasteiger charge is -2.28. The second-order valence-electron chi connectivity index (χ2n) is 6.93. The Kier molecular flexibility index (Phi) is 6.97. The number of benzene rings is 1. The van der Waals surface area contributed by atoms with E-state index in [1.165, 1.54) is 0 Å². The summed E-state index contributed by atoms with van der Waals surface area (Å²) >= 11 is 1.61. The number of carbonyl (C=O) groups is 3. The maximum Gasteiger partial charge on any atom is 0.321 e. The number of imide groups is 1. The number of para-hydroxylation sites is 1. The van der Waals surface area contributed by atoms with E-state index >= 15 is 0 Å². The summed E-state index contributed by atoms with van der Waals surface area (Å²) < 4.78 is 6.32. The van der Waals surface area contributed by atoms with Crippen LogP contribution in [0.25, 0.3) is 10.2 Å². The van der Waals surface area contributed by atoms with Crippen molar-refractivity contribution < 1.29 is 19.1 Å². The number of carbonyl (C=O) groups excluding carboxylic acids is 3. The summed E-state index contributed by atoms with van der Waals surface area (Å²) in [6.07, 6.45) is 4.36. The highest BCUT2D eigenvalue weighted by Gasteiger charge is 2.35. The van der Waals surface area contributed by atoms with Gasteiger partial charge in [-0.1, -0.05) is 31.9 Å². The van der Waals surface area contributed by atoms with E-state index in [-0.39, 0.29) is 11.8 Å². The molecule has 1 aliphatic rings. The molecule has 0 unspecified atom stereocenters. The smallest absolute Gasteiger partial charge is 0.321 e. The molecule has 8 heteroatoms. The third-order valence-electron chi connectivity index (χ3n) is 4.83. The van der Waals surface area contributed by atoms with Crippen molar-refractivity contribution >= 4 is 39.5 Å². The van der Waals surface area contributed by atoms with E-state index in [2.05, 4.69) is 10.6 Å². The number of hydrogen-bond acceptors (Lipinski definition) is 6. The summed E-state index contributed by atoms with van der Waals surface area (Å²) in [6.45, 7) is 1.93. The van der Waals surface area contributed by atoms with Gasteiger partial charge in [-0.2, -0.15) is 0 Å². The molecule has 1 aromatic heterocycles. The molecule has 2 N–H and O–H groups in total. The molecule has 2 aromatic rings. The topological polar surface area (TPSA) is 97.4 Å². The quantitative estimate of drug-likeness (QED) is 0.721. The Hall–Kier alpha value is -2.48. The average Bonchev–Trinajstić information content (AvgIpc) is 3.14. The second kappa shape index (κ2) is 9.64. The fourth-order valence-electron chi connectivity index (χ4n) is 3.45. The first-order valence-electron chi connectivity index (χ1n) is 9.68. The molecule has 3 amide bonds. The van der Waals surface area contributed by atoms with Crippen LogP contribution in [0.5, 0.6) is 0 Å². The summed E-state index contributed by atoms with van der Waals surface area (Å²) in [4.78, 5) is 40.6. The van der Waals surface area contributed by atoms with Gasteiger partial charge in [-0.05, 0) is 31.4 Å². The lowest BCUT2D eigenvalue weighted by atomic mass is 9.79. The lowest BCUT2D eigenvalue weighted by molar-refractivity contribution is -0.154. The van der Waals surface area contributed by atoms with Gasteiger partial charge in [-0.15, -0.1) is 11.3 Å². The Morgan fingerprint density at radius 2 is 2.00 bits per heavy atom. The van der Waals surface area contributed by atoms with Crippen LogP contribution in [-0.2, 0) is 14.3 Å². The minimum Gasteiger partial charge on any atom is -0.455 e. The van der Waals surface area contributed by atoms with Crippen LogP contribution in [0.15, 0.2) is 24.3 Å². The Balaban J connectivity index is 1.59. The van der Waals surface area contributed by atoms with Crippen molar-refractivity contribution in [1.82, 2.24) is 15.6 Å². The molecular formula is C20H25N3O4S. The van der Waals surface area contributed by atoms with Crippen LogP contribution in [0, 0.1) is 5.92 Å². The predicted molar refractivity (Wildman–Crippen MR) is 107 cm³/mol. The summed E-state index contributed by atoms with van der Waals surface area (Å²) in [5, 5.41) is 5.64. The summed E-state index contributed by atoms with van der Waals surface area (Å²) in [5.74, 6) is -1.33. The molecule has 1 aromatic carbocycles. The number of hydrogen-bond donors (Lipinski definition) is 2. The fourth-order valence-corrected chi connectivity index (χ4v) is 4.61. The maximum absolute atomic E-state index is 12.6. The Labute approximate surface area is 167 Å². The minimum atomic E-state index is -0.630. The maximum atomic E-state index is 12.6. The molecule has 3 rings (SSSR count).